The second kappa shape index (κ2) is 5.76. The third kappa shape index (κ3) is 3.25. The van der Waals surface area contributed by atoms with Crippen molar-refractivity contribution in [1.82, 2.24) is 9.80 Å². The first kappa shape index (κ1) is 17.6. The number of quaternary nitrogens is 1. The fourth-order valence-electron chi connectivity index (χ4n) is 2.52. The maximum Gasteiger partial charge on any atom is 0.528 e. The summed E-state index contributed by atoms with van der Waals surface area (Å²) in [5.41, 5.74) is -5.41. The monoisotopic (exact) mass is 320 g/mol. The first-order valence-corrected chi connectivity index (χ1v) is 7.71. The molecule has 1 fully saturated rings. The molecule has 0 aromatic rings. The Bertz CT molecular complexity index is 439. The lowest BCUT2D eigenvalue weighted by atomic mass is 10.5. The molecule has 0 aromatic carbocycles. The van der Waals surface area contributed by atoms with Crippen molar-refractivity contribution >= 4 is 10.1 Å². The molecule has 0 amide bonds. The van der Waals surface area contributed by atoms with E-state index in [2.05, 4.69) is 4.28 Å². The summed E-state index contributed by atoms with van der Waals surface area (Å²) >= 11 is 0. The minimum atomic E-state index is -5.63. The van der Waals surface area contributed by atoms with Crippen molar-refractivity contribution in [2.75, 3.05) is 40.3 Å². The van der Waals surface area contributed by atoms with Gasteiger partial charge >= 0.3 is 15.6 Å². The molecular weight excluding hydrogens is 299 g/mol. The number of rotatable bonds is 5. The van der Waals surface area contributed by atoms with Crippen LogP contribution in [0.4, 0.5) is 13.2 Å². The van der Waals surface area contributed by atoms with Crippen molar-refractivity contribution < 1.29 is 30.5 Å². The normalized spacial score (nSPS) is 29.3. The number of hydroxylamine groups is 3. The molecule has 2 unspecified atom stereocenters. The van der Waals surface area contributed by atoms with Gasteiger partial charge in [-0.25, -0.2) is 9.80 Å². The molecule has 1 aliphatic rings. The topological polar surface area (TPSA) is 49.9 Å². The summed E-state index contributed by atoms with van der Waals surface area (Å²) in [7, 11) is -2.54. The minimum absolute atomic E-state index is 0.160. The van der Waals surface area contributed by atoms with Crippen molar-refractivity contribution in [2.45, 2.75) is 25.6 Å². The Balaban J connectivity index is 3.08. The summed E-state index contributed by atoms with van der Waals surface area (Å²) < 4.78 is 63.9. The summed E-state index contributed by atoms with van der Waals surface area (Å²) in [6, 6.07) is 0. The largest absolute Gasteiger partial charge is 0.528 e. The zero-order valence-corrected chi connectivity index (χ0v) is 12.8. The van der Waals surface area contributed by atoms with Gasteiger partial charge in [0.25, 0.3) is 0 Å². The van der Waals surface area contributed by atoms with Crippen molar-refractivity contribution in [3.63, 3.8) is 0 Å². The Kier molecular flexibility index (Phi) is 5.08. The Hall–Kier alpha value is -0.420. The quantitative estimate of drug-likeness (QED) is 0.554. The number of alkyl halides is 3. The Morgan fingerprint density at radius 3 is 2.25 bits per heavy atom. The first-order chi connectivity index (χ1) is 8.98. The lowest BCUT2D eigenvalue weighted by Crippen LogP contribution is -2.61. The number of hydrogen-bond acceptors (Lipinski definition) is 5. The zero-order valence-electron chi connectivity index (χ0n) is 12.0. The van der Waals surface area contributed by atoms with Gasteiger partial charge in [0.05, 0.1) is 6.54 Å². The van der Waals surface area contributed by atoms with E-state index in [4.69, 9.17) is 0 Å². The molecule has 10 heteroatoms. The summed E-state index contributed by atoms with van der Waals surface area (Å²) in [4.78, 5) is 3.65. The Morgan fingerprint density at radius 1 is 1.35 bits per heavy atom. The van der Waals surface area contributed by atoms with Gasteiger partial charge in [-0.1, -0.05) is 18.1 Å². The molecule has 1 rings (SSSR count). The highest BCUT2D eigenvalue weighted by atomic mass is 32.2. The molecule has 0 aromatic heterocycles. The maximum atomic E-state index is 12.5. The second-order valence-electron chi connectivity index (χ2n) is 4.92. The standard InChI is InChI=1S/C10H21F3N3O3S/c1-5-15(6-2)9-14(3)7-8-16(9,4)19-20(17,18)10(11,12)13/h9H,5-8H2,1-4H3/q+1. The fraction of sp³-hybridized carbons (Fsp3) is 1.00. The lowest BCUT2D eigenvalue weighted by molar-refractivity contribution is -1.09. The van der Waals surface area contributed by atoms with Gasteiger partial charge in [0.1, 0.15) is 13.6 Å². The highest BCUT2D eigenvalue weighted by molar-refractivity contribution is 7.87. The van der Waals surface area contributed by atoms with E-state index in [0.717, 1.165) is 0 Å². The first-order valence-electron chi connectivity index (χ1n) is 6.30. The molecule has 0 spiro atoms. The Morgan fingerprint density at radius 2 is 1.85 bits per heavy atom. The molecule has 1 aliphatic heterocycles. The van der Waals surface area contributed by atoms with Crippen LogP contribution in [0.3, 0.4) is 0 Å². The Labute approximate surface area is 117 Å². The minimum Gasteiger partial charge on any atom is -0.238 e. The summed E-state index contributed by atoms with van der Waals surface area (Å²) in [6.45, 7) is 5.48. The highest BCUT2D eigenvalue weighted by Crippen LogP contribution is 2.32. The SMILES string of the molecule is CCN(CC)C1N(C)CC[N+]1(C)OS(=O)(=O)C(F)(F)F. The van der Waals surface area contributed by atoms with Crippen LogP contribution in [0.5, 0.6) is 0 Å². The zero-order chi connectivity index (χ0) is 15.8. The van der Waals surface area contributed by atoms with Gasteiger partial charge in [0, 0.05) is 13.1 Å². The number of hydrogen-bond donors (Lipinski definition) is 0. The van der Waals surface area contributed by atoms with Crippen LogP contribution < -0.4 is 0 Å². The summed E-state index contributed by atoms with van der Waals surface area (Å²) in [5.74, 6) is 0. The molecule has 0 bridgehead atoms. The van der Waals surface area contributed by atoms with Gasteiger partial charge < -0.3 is 0 Å². The molecule has 120 valence electrons. The van der Waals surface area contributed by atoms with Crippen molar-refractivity contribution in [3.05, 3.63) is 0 Å². The van der Waals surface area contributed by atoms with Crippen LogP contribution in [0, 0.1) is 0 Å². The molecule has 20 heavy (non-hydrogen) atoms. The van der Waals surface area contributed by atoms with E-state index in [1.807, 2.05) is 18.7 Å². The van der Waals surface area contributed by atoms with Crippen molar-refractivity contribution in [3.8, 4) is 0 Å². The van der Waals surface area contributed by atoms with E-state index < -0.39 is 26.6 Å². The molecule has 0 N–H and O–H groups in total. The van der Waals surface area contributed by atoms with E-state index in [-0.39, 0.29) is 6.54 Å². The third-order valence-corrected chi connectivity index (χ3v) is 4.57. The predicted molar refractivity (Wildman–Crippen MR) is 66.5 cm³/mol. The van der Waals surface area contributed by atoms with Gasteiger partial charge in [-0.3, -0.25) is 0 Å². The lowest BCUT2D eigenvalue weighted by Gasteiger charge is -2.38. The molecule has 2 atom stereocenters. The van der Waals surface area contributed by atoms with E-state index >= 15 is 0 Å². The van der Waals surface area contributed by atoms with Gasteiger partial charge in [-0.15, -0.1) is 4.65 Å². The van der Waals surface area contributed by atoms with Gasteiger partial charge in [-0.05, 0) is 7.05 Å². The third-order valence-electron chi connectivity index (χ3n) is 3.47. The summed E-state index contributed by atoms with van der Waals surface area (Å²) in [5, 5.41) is 0. The van der Waals surface area contributed by atoms with E-state index in [9.17, 15) is 21.6 Å². The van der Waals surface area contributed by atoms with Crippen LogP contribution in [0.25, 0.3) is 0 Å². The highest BCUT2D eigenvalue weighted by Gasteiger charge is 2.57. The number of halogens is 3. The van der Waals surface area contributed by atoms with Crippen LogP contribution in [0.1, 0.15) is 13.8 Å². The molecule has 6 nitrogen and oxygen atoms in total. The van der Waals surface area contributed by atoms with E-state index in [0.29, 0.717) is 19.6 Å². The predicted octanol–water partition coefficient (Wildman–Crippen LogP) is 0.785. The average Bonchev–Trinajstić information content (AvgIpc) is 2.56. The van der Waals surface area contributed by atoms with E-state index in [1.54, 1.807) is 11.9 Å². The molecule has 0 saturated carbocycles. The van der Waals surface area contributed by atoms with Gasteiger partial charge in [-0.2, -0.15) is 21.6 Å². The van der Waals surface area contributed by atoms with Gasteiger partial charge in [0.15, 0.2) is 0 Å². The van der Waals surface area contributed by atoms with Crippen molar-refractivity contribution in [1.29, 1.82) is 0 Å². The molecular formula is C10H21F3N3O3S+. The molecule has 0 aliphatic carbocycles. The van der Waals surface area contributed by atoms with Crippen LogP contribution in [0.15, 0.2) is 0 Å². The van der Waals surface area contributed by atoms with Crippen LogP contribution in [0.2, 0.25) is 0 Å². The van der Waals surface area contributed by atoms with Crippen LogP contribution in [-0.4, -0.2) is 74.9 Å². The maximum absolute atomic E-state index is 12.5. The van der Waals surface area contributed by atoms with Crippen LogP contribution >= 0.6 is 0 Å². The van der Waals surface area contributed by atoms with Gasteiger partial charge in [0.2, 0.25) is 6.29 Å². The molecule has 0 radical (unpaired) electrons. The number of nitrogens with zero attached hydrogens (tertiary/aromatic N) is 3. The average molecular weight is 320 g/mol. The smallest absolute Gasteiger partial charge is 0.238 e. The van der Waals surface area contributed by atoms with Crippen LogP contribution in [-0.2, 0) is 14.4 Å². The second-order valence-corrected chi connectivity index (χ2v) is 6.44. The summed E-state index contributed by atoms with van der Waals surface area (Å²) in [6.07, 6.45) is -0.567. The molecule has 1 heterocycles. The number of likely N-dealkylation sites (N-methyl/N-ethyl adjacent to an activating group) is 2. The van der Waals surface area contributed by atoms with Crippen molar-refractivity contribution in [2.24, 2.45) is 0 Å². The van der Waals surface area contributed by atoms with E-state index in [1.165, 1.54) is 7.05 Å². The molecule has 1 saturated heterocycles. The fourth-order valence-corrected chi connectivity index (χ4v) is 3.21.